The van der Waals surface area contributed by atoms with Crippen molar-refractivity contribution in [2.45, 2.75) is 40.5 Å². The summed E-state index contributed by atoms with van der Waals surface area (Å²) in [6.07, 6.45) is 3.33. The fourth-order valence-electron chi connectivity index (χ4n) is 1.59. The Morgan fingerprint density at radius 1 is 1.09 bits per heavy atom. The Labute approximate surface area is 70.2 Å². The van der Waals surface area contributed by atoms with E-state index in [1.807, 2.05) is 6.92 Å². The highest BCUT2D eigenvalue weighted by Crippen LogP contribution is 2.17. The van der Waals surface area contributed by atoms with Crippen molar-refractivity contribution in [3.8, 4) is 0 Å². The van der Waals surface area contributed by atoms with Crippen molar-refractivity contribution in [3.63, 3.8) is 0 Å². The lowest BCUT2D eigenvalue weighted by atomic mass is 9.91. The maximum absolute atomic E-state index is 10.3. The normalized spacial score (nSPS) is 16.5. The van der Waals surface area contributed by atoms with E-state index in [0.29, 0.717) is 5.92 Å². The van der Waals surface area contributed by atoms with Crippen LogP contribution in [0.15, 0.2) is 0 Å². The highest BCUT2D eigenvalue weighted by molar-refractivity contribution is 5.52. The summed E-state index contributed by atoms with van der Waals surface area (Å²) in [6, 6.07) is 0. The van der Waals surface area contributed by atoms with Crippen LogP contribution in [0.3, 0.4) is 0 Å². The molecular formula is C10H20O. The fraction of sp³-hybridized carbons (Fsp3) is 0.900. The molecule has 0 unspecified atom stereocenters. The van der Waals surface area contributed by atoms with Crippen LogP contribution in [0.5, 0.6) is 0 Å². The number of rotatable bonds is 5. The van der Waals surface area contributed by atoms with E-state index in [-0.39, 0.29) is 5.92 Å². The predicted octanol–water partition coefficient (Wildman–Crippen LogP) is 2.89. The van der Waals surface area contributed by atoms with Crippen LogP contribution in [-0.4, -0.2) is 6.29 Å². The molecule has 0 aliphatic rings. The summed E-state index contributed by atoms with van der Waals surface area (Å²) in [5.74, 6) is 1.68. The van der Waals surface area contributed by atoms with Crippen molar-refractivity contribution in [3.05, 3.63) is 0 Å². The first-order valence-electron chi connectivity index (χ1n) is 4.51. The summed E-state index contributed by atoms with van der Waals surface area (Å²) < 4.78 is 0. The number of hydrogen-bond donors (Lipinski definition) is 0. The quantitative estimate of drug-likeness (QED) is 0.559. The van der Waals surface area contributed by atoms with Crippen LogP contribution in [0.25, 0.3) is 0 Å². The minimum absolute atomic E-state index is 0.240. The molecule has 0 rings (SSSR count). The molecule has 1 heteroatoms. The van der Waals surface area contributed by atoms with Gasteiger partial charge in [-0.2, -0.15) is 0 Å². The van der Waals surface area contributed by atoms with Crippen molar-refractivity contribution >= 4 is 6.29 Å². The van der Waals surface area contributed by atoms with E-state index < -0.39 is 0 Å². The maximum atomic E-state index is 10.3. The van der Waals surface area contributed by atoms with E-state index in [0.717, 1.165) is 18.6 Å². The van der Waals surface area contributed by atoms with Gasteiger partial charge in [-0.15, -0.1) is 0 Å². The summed E-state index contributed by atoms with van der Waals surface area (Å²) in [7, 11) is 0. The van der Waals surface area contributed by atoms with Crippen molar-refractivity contribution < 1.29 is 4.79 Å². The van der Waals surface area contributed by atoms with Gasteiger partial charge in [-0.05, 0) is 24.7 Å². The van der Waals surface area contributed by atoms with Crippen LogP contribution in [0.1, 0.15) is 40.5 Å². The lowest BCUT2D eigenvalue weighted by Crippen LogP contribution is -2.06. The zero-order valence-electron chi connectivity index (χ0n) is 8.13. The Balaban J connectivity index is 3.51. The number of carbonyl (C=O) groups is 1. The standard InChI is InChI=1S/C10H20O/c1-8(2)5-9(3)6-10(4)7-11/h7-10H,5-6H2,1-4H3/t9-,10+/m0/s1. The third-order valence-electron chi connectivity index (χ3n) is 1.88. The molecule has 0 aliphatic carbocycles. The molecule has 0 aromatic heterocycles. The zero-order valence-corrected chi connectivity index (χ0v) is 8.13. The van der Waals surface area contributed by atoms with Gasteiger partial charge in [0.15, 0.2) is 0 Å². The van der Waals surface area contributed by atoms with Gasteiger partial charge in [0, 0.05) is 5.92 Å². The molecule has 0 heterocycles. The molecule has 0 N–H and O–H groups in total. The van der Waals surface area contributed by atoms with Gasteiger partial charge in [0.1, 0.15) is 6.29 Å². The Hall–Kier alpha value is -0.330. The van der Waals surface area contributed by atoms with E-state index in [4.69, 9.17) is 0 Å². The van der Waals surface area contributed by atoms with Gasteiger partial charge in [-0.1, -0.05) is 27.7 Å². The Kier molecular flexibility index (Phi) is 5.18. The van der Waals surface area contributed by atoms with Crippen molar-refractivity contribution in [1.82, 2.24) is 0 Å². The molecule has 0 saturated carbocycles. The molecule has 0 aromatic carbocycles. The van der Waals surface area contributed by atoms with E-state index in [1.165, 1.54) is 6.42 Å². The number of aldehydes is 1. The van der Waals surface area contributed by atoms with Crippen LogP contribution < -0.4 is 0 Å². The molecule has 0 radical (unpaired) electrons. The highest BCUT2D eigenvalue weighted by Gasteiger charge is 2.08. The first-order valence-corrected chi connectivity index (χ1v) is 4.51. The average molecular weight is 156 g/mol. The Bertz CT molecular complexity index is 107. The summed E-state index contributed by atoms with van der Waals surface area (Å²) in [5.41, 5.74) is 0. The van der Waals surface area contributed by atoms with Crippen LogP contribution in [0, 0.1) is 17.8 Å². The molecule has 0 aromatic rings. The number of hydrogen-bond acceptors (Lipinski definition) is 1. The second-order valence-corrected chi connectivity index (χ2v) is 4.08. The molecular weight excluding hydrogens is 136 g/mol. The Morgan fingerprint density at radius 3 is 2.00 bits per heavy atom. The molecule has 66 valence electrons. The topological polar surface area (TPSA) is 17.1 Å². The van der Waals surface area contributed by atoms with Gasteiger partial charge in [0.05, 0.1) is 0 Å². The molecule has 0 aliphatic heterocycles. The van der Waals surface area contributed by atoms with Gasteiger partial charge in [-0.25, -0.2) is 0 Å². The molecule has 0 bridgehead atoms. The van der Waals surface area contributed by atoms with Crippen LogP contribution in [0.4, 0.5) is 0 Å². The predicted molar refractivity (Wildman–Crippen MR) is 48.5 cm³/mol. The second-order valence-electron chi connectivity index (χ2n) is 4.08. The van der Waals surface area contributed by atoms with Crippen LogP contribution >= 0.6 is 0 Å². The molecule has 0 spiro atoms. The van der Waals surface area contributed by atoms with Gasteiger partial charge >= 0.3 is 0 Å². The third-order valence-corrected chi connectivity index (χ3v) is 1.88. The smallest absolute Gasteiger partial charge is 0.122 e. The van der Waals surface area contributed by atoms with E-state index in [2.05, 4.69) is 20.8 Å². The summed E-state index contributed by atoms with van der Waals surface area (Å²) in [6.45, 7) is 8.66. The summed E-state index contributed by atoms with van der Waals surface area (Å²) >= 11 is 0. The highest BCUT2D eigenvalue weighted by atomic mass is 16.1. The first-order chi connectivity index (χ1) is 5.06. The number of carbonyl (C=O) groups excluding carboxylic acids is 1. The SMILES string of the molecule is CC(C)C[C@H](C)C[C@@H](C)C=O. The first kappa shape index (κ1) is 10.7. The minimum atomic E-state index is 0.240. The van der Waals surface area contributed by atoms with Crippen molar-refractivity contribution in [1.29, 1.82) is 0 Å². The minimum Gasteiger partial charge on any atom is -0.303 e. The molecule has 2 atom stereocenters. The summed E-state index contributed by atoms with van der Waals surface area (Å²) in [4.78, 5) is 10.3. The maximum Gasteiger partial charge on any atom is 0.122 e. The van der Waals surface area contributed by atoms with Gasteiger partial charge in [-0.3, -0.25) is 0 Å². The molecule has 0 amide bonds. The van der Waals surface area contributed by atoms with Crippen molar-refractivity contribution in [2.24, 2.45) is 17.8 Å². The van der Waals surface area contributed by atoms with Gasteiger partial charge in [0.25, 0.3) is 0 Å². The zero-order chi connectivity index (χ0) is 8.85. The fourth-order valence-corrected chi connectivity index (χ4v) is 1.59. The molecule has 11 heavy (non-hydrogen) atoms. The van der Waals surface area contributed by atoms with Gasteiger partial charge < -0.3 is 4.79 Å². The molecule has 0 fully saturated rings. The third kappa shape index (κ3) is 6.08. The summed E-state index contributed by atoms with van der Waals surface area (Å²) in [5, 5.41) is 0. The lowest BCUT2D eigenvalue weighted by molar-refractivity contribution is -0.111. The largest absolute Gasteiger partial charge is 0.303 e. The van der Waals surface area contributed by atoms with Gasteiger partial charge in [0.2, 0.25) is 0 Å². The van der Waals surface area contributed by atoms with Crippen LogP contribution in [-0.2, 0) is 4.79 Å². The van der Waals surface area contributed by atoms with E-state index in [9.17, 15) is 4.79 Å². The van der Waals surface area contributed by atoms with E-state index in [1.54, 1.807) is 0 Å². The van der Waals surface area contributed by atoms with E-state index >= 15 is 0 Å². The average Bonchev–Trinajstić information content (AvgIpc) is 1.85. The molecule has 0 saturated heterocycles. The lowest BCUT2D eigenvalue weighted by Gasteiger charge is -2.14. The van der Waals surface area contributed by atoms with Crippen LogP contribution in [0.2, 0.25) is 0 Å². The molecule has 1 nitrogen and oxygen atoms in total. The monoisotopic (exact) mass is 156 g/mol. The Morgan fingerprint density at radius 2 is 1.64 bits per heavy atom. The second kappa shape index (κ2) is 5.34. The van der Waals surface area contributed by atoms with Crippen molar-refractivity contribution in [2.75, 3.05) is 0 Å².